The second-order valence-electron chi connectivity index (χ2n) is 8.84. The molecule has 0 saturated carbocycles. The molecular weight excluding hydrogens is 346 g/mol. The molecule has 1 heterocycles. The van der Waals surface area contributed by atoms with Crippen molar-refractivity contribution in [1.82, 2.24) is 4.90 Å². The Kier molecular flexibility index (Phi) is 6.13. The quantitative estimate of drug-likeness (QED) is 0.785. The molecule has 1 aliphatic heterocycles. The first-order chi connectivity index (χ1) is 11.9. The van der Waals surface area contributed by atoms with Crippen molar-refractivity contribution in [1.29, 1.82) is 0 Å². The first kappa shape index (κ1) is 20.8. The molecular formula is C21H31NO3S. The zero-order valence-electron chi connectivity index (χ0n) is 16.7. The Bertz CT molecular complexity index is 674. The molecule has 4 nitrogen and oxygen atoms in total. The molecule has 0 aromatic heterocycles. The van der Waals surface area contributed by atoms with Crippen LogP contribution in [0.15, 0.2) is 17.0 Å². The number of phenolic OH excluding ortho intramolecular Hbond substituents is 1. The first-order valence-corrected chi connectivity index (χ1v) is 10.1. The molecule has 1 aromatic carbocycles. The van der Waals surface area contributed by atoms with Gasteiger partial charge in [0.2, 0.25) is 0 Å². The van der Waals surface area contributed by atoms with E-state index in [2.05, 4.69) is 41.5 Å². The highest BCUT2D eigenvalue weighted by molar-refractivity contribution is 8.04. The molecule has 1 aliphatic rings. The summed E-state index contributed by atoms with van der Waals surface area (Å²) in [6.07, 6.45) is 1.92. The SMILES string of the molecule is CC(C)(C)c1cc(/C=C2/SCCN(CCO)C2=O)cc(C(C)(C)C)c1O. The van der Waals surface area contributed by atoms with Crippen LogP contribution in [-0.4, -0.2) is 46.5 Å². The van der Waals surface area contributed by atoms with Crippen molar-refractivity contribution in [2.45, 2.75) is 52.4 Å². The van der Waals surface area contributed by atoms with E-state index >= 15 is 0 Å². The van der Waals surface area contributed by atoms with Gasteiger partial charge in [0.05, 0.1) is 11.5 Å². The van der Waals surface area contributed by atoms with Crippen molar-refractivity contribution < 1.29 is 15.0 Å². The van der Waals surface area contributed by atoms with Crippen molar-refractivity contribution >= 4 is 23.7 Å². The molecule has 0 spiro atoms. The Morgan fingerprint density at radius 3 is 2.12 bits per heavy atom. The lowest BCUT2D eigenvalue weighted by atomic mass is 9.78. The van der Waals surface area contributed by atoms with E-state index in [1.165, 1.54) is 0 Å². The number of rotatable bonds is 3. The summed E-state index contributed by atoms with van der Waals surface area (Å²) in [6.45, 7) is 13.5. The van der Waals surface area contributed by atoms with Gasteiger partial charge in [0.15, 0.2) is 0 Å². The fraction of sp³-hybridized carbons (Fsp3) is 0.571. The van der Waals surface area contributed by atoms with Crippen LogP contribution in [0, 0.1) is 0 Å². The maximum Gasteiger partial charge on any atom is 0.260 e. The number of β-amino-alcohol motifs (C(OH)–C–C–N with tert-alkyl or cyclic N) is 1. The summed E-state index contributed by atoms with van der Waals surface area (Å²) < 4.78 is 0. The zero-order valence-corrected chi connectivity index (χ0v) is 17.5. The summed E-state index contributed by atoms with van der Waals surface area (Å²) in [5, 5.41) is 20.0. The van der Waals surface area contributed by atoms with Gasteiger partial charge in [0, 0.05) is 30.0 Å². The Balaban J connectivity index is 2.54. The van der Waals surface area contributed by atoms with E-state index in [0.29, 0.717) is 23.7 Å². The minimum Gasteiger partial charge on any atom is -0.507 e. The lowest BCUT2D eigenvalue weighted by Gasteiger charge is -2.29. The molecule has 5 heteroatoms. The van der Waals surface area contributed by atoms with Crippen LogP contribution in [0.4, 0.5) is 0 Å². The number of hydrogen-bond donors (Lipinski definition) is 2. The topological polar surface area (TPSA) is 60.8 Å². The number of aliphatic hydroxyl groups is 1. The first-order valence-electron chi connectivity index (χ1n) is 9.07. The van der Waals surface area contributed by atoms with Crippen molar-refractivity contribution in [2.75, 3.05) is 25.4 Å². The van der Waals surface area contributed by atoms with Gasteiger partial charge in [-0.1, -0.05) is 41.5 Å². The maximum absolute atomic E-state index is 12.6. The third-order valence-corrected chi connectivity index (χ3v) is 5.52. The fourth-order valence-electron chi connectivity index (χ4n) is 3.06. The van der Waals surface area contributed by atoms with Gasteiger partial charge in [0.1, 0.15) is 5.75 Å². The van der Waals surface area contributed by atoms with Crippen LogP contribution in [-0.2, 0) is 15.6 Å². The summed E-state index contributed by atoms with van der Waals surface area (Å²) in [7, 11) is 0. The third kappa shape index (κ3) is 4.63. The highest BCUT2D eigenvalue weighted by Crippen LogP contribution is 2.40. The Labute approximate surface area is 161 Å². The number of amides is 1. The number of aromatic hydroxyl groups is 1. The van der Waals surface area contributed by atoms with E-state index in [1.807, 2.05) is 18.2 Å². The summed E-state index contributed by atoms with van der Waals surface area (Å²) in [5.74, 6) is 1.14. The second-order valence-corrected chi connectivity index (χ2v) is 9.97. The molecule has 2 N–H and O–H groups in total. The van der Waals surface area contributed by atoms with Gasteiger partial charge < -0.3 is 15.1 Å². The highest BCUT2D eigenvalue weighted by atomic mass is 32.2. The van der Waals surface area contributed by atoms with Crippen molar-refractivity contribution in [2.24, 2.45) is 0 Å². The molecule has 1 fully saturated rings. The minimum atomic E-state index is -0.203. The van der Waals surface area contributed by atoms with Gasteiger partial charge in [-0.15, -0.1) is 11.8 Å². The van der Waals surface area contributed by atoms with Crippen LogP contribution in [0.3, 0.4) is 0 Å². The Morgan fingerprint density at radius 1 is 1.12 bits per heavy atom. The molecule has 144 valence electrons. The van der Waals surface area contributed by atoms with Crippen molar-refractivity contribution in [3.8, 4) is 5.75 Å². The molecule has 0 radical (unpaired) electrons. The number of nitrogens with zero attached hydrogens (tertiary/aromatic N) is 1. The molecule has 0 atom stereocenters. The largest absolute Gasteiger partial charge is 0.507 e. The minimum absolute atomic E-state index is 0.0226. The number of aliphatic hydroxyl groups excluding tert-OH is 1. The van der Waals surface area contributed by atoms with E-state index in [0.717, 1.165) is 22.4 Å². The number of carbonyl (C=O) groups is 1. The van der Waals surface area contributed by atoms with Gasteiger partial charge in [-0.05, 0) is 34.6 Å². The maximum atomic E-state index is 12.6. The number of phenols is 1. The van der Waals surface area contributed by atoms with Crippen LogP contribution in [0.5, 0.6) is 5.75 Å². The summed E-state index contributed by atoms with van der Waals surface area (Å²) in [6, 6.07) is 3.97. The Morgan fingerprint density at radius 2 is 1.65 bits per heavy atom. The van der Waals surface area contributed by atoms with E-state index < -0.39 is 0 Å². The smallest absolute Gasteiger partial charge is 0.260 e. The van der Waals surface area contributed by atoms with E-state index in [9.17, 15) is 9.90 Å². The average Bonchev–Trinajstić information content (AvgIpc) is 2.50. The van der Waals surface area contributed by atoms with E-state index in [1.54, 1.807) is 16.7 Å². The monoisotopic (exact) mass is 377 g/mol. The molecule has 0 unspecified atom stereocenters. The van der Waals surface area contributed by atoms with Crippen LogP contribution in [0.2, 0.25) is 0 Å². The number of thioether (sulfide) groups is 1. The lowest BCUT2D eigenvalue weighted by Crippen LogP contribution is -2.38. The molecule has 0 aliphatic carbocycles. The van der Waals surface area contributed by atoms with E-state index in [4.69, 9.17) is 5.11 Å². The lowest BCUT2D eigenvalue weighted by molar-refractivity contribution is -0.126. The standard InChI is InChI=1S/C21H31NO3S/c1-20(2,3)15-11-14(12-16(18(15)24)21(4,5)6)13-17-19(25)22(7-9-23)8-10-26-17/h11-13,23-24H,7-10H2,1-6H3/b17-13+. The van der Waals surface area contributed by atoms with Crippen molar-refractivity contribution in [3.05, 3.63) is 33.7 Å². The average molecular weight is 378 g/mol. The van der Waals surface area contributed by atoms with Gasteiger partial charge in [-0.2, -0.15) is 0 Å². The fourth-order valence-corrected chi connectivity index (χ4v) is 4.06. The van der Waals surface area contributed by atoms with Crippen LogP contribution in [0.1, 0.15) is 58.2 Å². The van der Waals surface area contributed by atoms with Gasteiger partial charge >= 0.3 is 0 Å². The predicted octanol–water partition coefficient (Wildman–Crippen LogP) is 3.90. The molecule has 1 aromatic rings. The molecule has 0 bridgehead atoms. The second kappa shape index (κ2) is 7.65. The van der Waals surface area contributed by atoms with E-state index in [-0.39, 0.29) is 23.3 Å². The molecule has 1 amide bonds. The number of hydrogen-bond acceptors (Lipinski definition) is 4. The number of benzene rings is 1. The van der Waals surface area contributed by atoms with Crippen molar-refractivity contribution in [3.63, 3.8) is 0 Å². The van der Waals surface area contributed by atoms with Crippen LogP contribution in [0.25, 0.3) is 6.08 Å². The van der Waals surface area contributed by atoms with Crippen LogP contribution >= 0.6 is 11.8 Å². The molecule has 2 rings (SSSR count). The van der Waals surface area contributed by atoms with Gasteiger partial charge in [-0.25, -0.2) is 0 Å². The summed E-state index contributed by atoms with van der Waals surface area (Å²) in [5.41, 5.74) is 2.30. The normalized spacial score (nSPS) is 17.9. The molecule has 26 heavy (non-hydrogen) atoms. The summed E-state index contributed by atoms with van der Waals surface area (Å²) in [4.78, 5) is 15.0. The summed E-state index contributed by atoms with van der Waals surface area (Å²) >= 11 is 1.55. The Hall–Kier alpha value is -1.46. The zero-order chi connectivity index (χ0) is 19.7. The van der Waals surface area contributed by atoms with Crippen LogP contribution < -0.4 is 0 Å². The van der Waals surface area contributed by atoms with Gasteiger partial charge in [-0.3, -0.25) is 4.79 Å². The third-order valence-electron chi connectivity index (χ3n) is 4.53. The highest BCUT2D eigenvalue weighted by Gasteiger charge is 2.27. The number of carbonyl (C=O) groups excluding carboxylic acids is 1. The van der Waals surface area contributed by atoms with Gasteiger partial charge in [0.25, 0.3) is 5.91 Å². The molecule has 1 saturated heterocycles. The predicted molar refractivity (Wildman–Crippen MR) is 110 cm³/mol.